The monoisotopic (exact) mass is 465 g/mol. The minimum Gasteiger partial charge on any atom is -0.443 e. The van der Waals surface area contributed by atoms with E-state index < -0.39 is 0 Å². The highest BCUT2D eigenvalue weighted by molar-refractivity contribution is 6.30. The van der Waals surface area contributed by atoms with Gasteiger partial charge in [0.1, 0.15) is 17.5 Å². The summed E-state index contributed by atoms with van der Waals surface area (Å²) in [6, 6.07) is 9.08. The first-order valence-electron chi connectivity index (χ1n) is 11.0. The van der Waals surface area contributed by atoms with Crippen LogP contribution in [0.3, 0.4) is 0 Å². The van der Waals surface area contributed by atoms with Gasteiger partial charge in [-0.2, -0.15) is 5.10 Å². The first-order valence-corrected chi connectivity index (χ1v) is 11.3. The zero-order valence-corrected chi connectivity index (χ0v) is 19.2. The van der Waals surface area contributed by atoms with Crippen LogP contribution in [0, 0.1) is 6.92 Å². The van der Waals surface area contributed by atoms with Crippen LogP contribution in [0.5, 0.6) is 0 Å². The maximum Gasteiger partial charge on any atom is 0.293 e. The summed E-state index contributed by atoms with van der Waals surface area (Å²) in [4.78, 5) is 19.6. The molecular formula is C24H24ClN5O3. The van der Waals surface area contributed by atoms with Crippen molar-refractivity contribution in [1.82, 2.24) is 24.8 Å². The number of oxazole rings is 1. The molecule has 0 aliphatic carbocycles. The SMILES string of the molecule is Cc1nn(C)cc1-c1cc(C(=O)N2CCCC[C@@H]2c2ncc(Cc3ccc(Cl)cc3)o2)on1. The van der Waals surface area contributed by atoms with Crippen molar-refractivity contribution in [1.29, 1.82) is 0 Å². The highest BCUT2D eigenvalue weighted by atomic mass is 35.5. The van der Waals surface area contributed by atoms with Gasteiger partial charge in [0.25, 0.3) is 5.91 Å². The maximum absolute atomic E-state index is 13.3. The average Bonchev–Trinajstić information content (AvgIpc) is 3.55. The summed E-state index contributed by atoms with van der Waals surface area (Å²) in [5.41, 5.74) is 3.35. The molecule has 4 heterocycles. The van der Waals surface area contributed by atoms with Crippen LogP contribution in [0.25, 0.3) is 11.3 Å². The van der Waals surface area contributed by atoms with Gasteiger partial charge in [-0.05, 0) is 43.9 Å². The van der Waals surface area contributed by atoms with Crippen LogP contribution in [-0.4, -0.2) is 37.3 Å². The Morgan fingerprint density at radius 2 is 2.06 bits per heavy atom. The molecule has 1 atom stereocenters. The molecule has 1 amide bonds. The molecule has 1 saturated heterocycles. The number of aromatic nitrogens is 4. The summed E-state index contributed by atoms with van der Waals surface area (Å²) in [6.07, 6.45) is 6.92. The summed E-state index contributed by atoms with van der Waals surface area (Å²) in [6.45, 7) is 2.51. The number of amides is 1. The second-order valence-corrected chi connectivity index (χ2v) is 8.79. The van der Waals surface area contributed by atoms with Crippen molar-refractivity contribution in [2.45, 2.75) is 38.6 Å². The summed E-state index contributed by atoms with van der Waals surface area (Å²) in [7, 11) is 1.85. The van der Waals surface area contributed by atoms with Gasteiger partial charge in [-0.3, -0.25) is 9.48 Å². The summed E-state index contributed by atoms with van der Waals surface area (Å²) < 4.78 is 13.2. The number of halogens is 1. The predicted molar refractivity (Wildman–Crippen MR) is 122 cm³/mol. The summed E-state index contributed by atoms with van der Waals surface area (Å²) in [5, 5.41) is 9.14. The van der Waals surface area contributed by atoms with Crippen molar-refractivity contribution < 1.29 is 13.7 Å². The number of hydrogen-bond donors (Lipinski definition) is 0. The minimum atomic E-state index is -0.237. The Balaban J connectivity index is 1.35. The molecule has 5 rings (SSSR count). The van der Waals surface area contributed by atoms with Gasteiger partial charge in [0.05, 0.1) is 11.9 Å². The Labute approximate surface area is 196 Å². The number of carbonyl (C=O) groups excluding carboxylic acids is 1. The molecule has 0 saturated carbocycles. The zero-order chi connectivity index (χ0) is 22.9. The lowest BCUT2D eigenvalue weighted by atomic mass is 10.0. The molecule has 1 aromatic carbocycles. The van der Waals surface area contributed by atoms with Crippen molar-refractivity contribution >= 4 is 17.5 Å². The molecule has 8 nitrogen and oxygen atoms in total. The molecule has 170 valence electrons. The number of piperidine rings is 1. The number of aryl methyl sites for hydroxylation is 2. The lowest BCUT2D eigenvalue weighted by Gasteiger charge is -2.32. The number of nitrogens with zero attached hydrogens (tertiary/aromatic N) is 5. The molecule has 33 heavy (non-hydrogen) atoms. The minimum absolute atomic E-state index is 0.202. The van der Waals surface area contributed by atoms with E-state index in [2.05, 4.69) is 15.2 Å². The van der Waals surface area contributed by atoms with E-state index in [0.717, 1.165) is 41.8 Å². The molecule has 1 aliphatic rings. The van der Waals surface area contributed by atoms with Gasteiger partial charge in [0, 0.05) is 42.9 Å². The molecule has 4 aromatic rings. The van der Waals surface area contributed by atoms with E-state index in [1.54, 1.807) is 21.8 Å². The van der Waals surface area contributed by atoms with Crippen LogP contribution >= 0.6 is 11.6 Å². The van der Waals surface area contributed by atoms with E-state index in [0.29, 0.717) is 29.6 Å². The van der Waals surface area contributed by atoms with Crippen molar-refractivity contribution in [3.63, 3.8) is 0 Å². The van der Waals surface area contributed by atoms with E-state index in [1.165, 1.54) is 0 Å². The van der Waals surface area contributed by atoms with Crippen LogP contribution in [0.1, 0.15) is 58.8 Å². The first-order chi connectivity index (χ1) is 16.0. The molecule has 0 bridgehead atoms. The molecule has 0 radical (unpaired) electrons. The Kier molecular flexibility index (Phi) is 5.76. The van der Waals surface area contributed by atoms with Gasteiger partial charge in [-0.1, -0.05) is 28.9 Å². The summed E-state index contributed by atoms with van der Waals surface area (Å²) in [5.74, 6) is 1.29. The lowest BCUT2D eigenvalue weighted by molar-refractivity contribution is 0.0528. The normalized spacial score (nSPS) is 16.3. The van der Waals surface area contributed by atoms with E-state index >= 15 is 0 Å². The van der Waals surface area contributed by atoms with Crippen molar-refractivity contribution in [3.8, 4) is 11.3 Å². The van der Waals surface area contributed by atoms with Crippen molar-refractivity contribution in [2.75, 3.05) is 6.54 Å². The second-order valence-electron chi connectivity index (χ2n) is 8.36. The quantitative estimate of drug-likeness (QED) is 0.412. The fourth-order valence-electron chi connectivity index (χ4n) is 4.29. The smallest absolute Gasteiger partial charge is 0.293 e. The largest absolute Gasteiger partial charge is 0.443 e. The van der Waals surface area contributed by atoms with Crippen molar-refractivity contribution in [3.05, 3.63) is 76.4 Å². The molecule has 3 aromatic heterocycles. The number of rotatable bonds is 5. The molecule has 1 fully saturated rings. The van der Waals surface area contributed by atoms with Gasteiger partial charge < -0.3 is 13.8 Å². The number of hydrogen-bond acceptors (Lipinski definition) is 6. The Morgan fingerprint density at radius 3 is 2.82 bits per heavy atom. The van der Waals surface area contributed by atoms with E-state index in [9.17, 15) is 4.79 Å². The molecular weight excluding hydrogens is 442 g/mol. The fourth-order valence-corrected chi connectivity index (χ4v) is 4.41. The molecule has 0 unspecified atom stereocenters. The second kappa shape index (κ2) is 8.86. The van der Waals surface area contributed by atoms with Crippen molar-refractivity contribution in [2.24, 2.45) is 7.05 Å². The molecule has 1 aliphatic heterocycles. The van der Waals surface area contributed by atoms with Gasteiger partial charge in [-0.25, -0.2) is 4.98 Å². The van der Waals surface area contributed by atoms with Crippen LogP contribution in [0.15, 0.2) is 51.7 Å². The lowest BCUT2D eigenvalue weighted by Crippen LogP contribution is -2.38. The van der Waals surface area contributed by atoms with Gasteiger partial charge in [-0.15, -0.1) is 0 Å². The topological polar surface area (TPSA) is 90.2 Å². The van der Waals surface area contributed by atoms with Crippen LogP contribution in [0.2, 0.25) is 5.02 Å². The van der Waals surface area contributed by atoms with E-state index in [1.807, 2.05) is 44.4 Å². The zero-order valence-electron chi connectivity index (χ0n) is 18.5. The third kappa shape index (κ3) is 4.43. The number of carbonyl (C=O) groups is 1. The van der Waals surface area contributed by atoms with Gasteiger partial charge in [0.15, 0.2) is 0 Å². The molecule has 0 spiro atoms. The third-order valence-corrected chi connectivity index (χ3v) is 6.17. The molecule has 0 N–H and O–H groups in total. The van der Waals surface area contributed by atoms with Gasteiger partial charge >= 0.3 is 0 Å². The summed E-state index contributed by atoms with van der Waals surface area (Å²) >= 11 is 5.97. The first kappa shape index (κ1) is 21.5. The molecule has 9 heteroatoms. The highest BCUT2D eigenvalue weighted by Gasteiger charge is 2.34. The number of benzene rings is 1. The highest BCUT2D eigenvalue weighted by Crippen LogP contribution is 2.33. The van der Waals surface area contributed by atoms with E-state index in [4.69, 9.17) is 20.5 Å². The maximum atomic E-state index is 13.3. The van der Waals surface area contributed by atoms with Gasteiger partial charge in [0.2, 0.25) is 11.7 Å². The number of likely N-dealkylation sites (tertiary alicyclic amines) is 1. The Morgan fingerprint density at radius 1 is 1.24 bits per heavy atom. The standard InChI is InChI=1S/C24H24ClN5O3/c1-15-19(14-29(2)27-15)20-12-22(33-28-20)24(31)30-10-4-3-5-21(30)23-26-13-18(32-23)11-16-6-8-17(25)9-7-16/h6-9,12-14,21H,3-5,10-11H2,1-2H3/t21-/m1/s1. The average molecular weight is 466 g/mol. The Hall–Kier alpha value is -3.39. The fraction of sp³-hybridized carbons (Fsp3) is 0.333. The van der Waals surface area contributed by atoms with Crippen LogP contribution < -0.4 is 0 Å². The van der Waals surface area contributed by atoms with Crippen LogP contribution in [-0.2, 0) is 13.5 Å². The Bertz CT molecular complexity index is 1270. The van der Waals surface area contributed by atoms with E-state index in [-0.39, 0.29) is 17.7 Å². The third-order valence-electron chi connectivity index (χ3n) is 5.92. The predicted octanol–water partition coefficient (Wildman–Crippen LogP) is 4.98. The van der Waals surface area contributed by atoms with Crippen LogP contribution in [0.4, 0.5) is 0 Å².